The Morgan fingerprint density at radius 2 is 1.95 bits per heavy atom. The van der Waals surface area contributed by atoms with Gasteiger partial charge in [-0.05, 0) is 51.0 Å². The monoisotopic (exact) mass is 281 g/mol. The molecule has 0 aromatic carbocycles. The molecule has 2 fully saturated rings. The highest BCUT2D eigenvalue weighted by molar-refractivity contribution is 5.79. The summed E-state index contributed by atoms with van der Waals surface area (Å²) in [5.41, 5.74) is 6.05. The van der Waals surface area contributed by atoms with Gasteiger partial charge in [-0.15, -0.1) is 0 Å². The Labute approximate surface area is 123 Å². The summed E-state index contributed by atoms with van der Waals surface area (Å²) in [6, 6.07) is 0.588. The van der Waals surface area contributed by atoms with Crippen molar-refractivity contribution in [3.8, 4) is 0 Å². The Balaban J connectivity index is 1.75. The van der Waals surface area contributed by atoms with E-state index in [9.17, 15) is 4.79 Å². The topological polar surface area (TPSA) is 58.4 Å². The molecule has 1 aliphatic heterocycles. The van der Waals surface area contributed by atoms with E-state index >= 15 is 0 Å². The highest BCUT2D eigenvalue weighted by Crippen LogP contribution is 2.28. The first-order valence-corrected chi connectivity index (χ1v) is 8.36. The largest absolute Gasteiger partial charge is 0.353 e. The zero-order chi connectivity index (χ0) is 14.5. The van der Waals surface area contributed by atoms with Gasteiger partial charge in [0.2, 0.25) is 5.91 Å². The average Bonchev–Trinajstić information content (AvgIpc) is 2.40. The number of carbonyl (C=O) groups is 1. The highest BCUT2D eigenvalue weighted by Gasteiger charge is 2.30. The van der Waals surface area contributed by atoms with Gasteiger partial charge in [0.25, 0.3) is 0 Å². The molecule has 0 aromatic heterocycles. The molecule has 116 valence electrons. The standard InChI is InChI=1S/C16H31N3O/c1-3-6-19-7-4-15(5-8-19)18-16(20)13-9-12(2)10-14(17)11-13/h12-15H,3-11,17H2,1-2H3,(H,18,20). The molecular formula is C16H31N3O. The minimum absolute atomic E-state index is 0.141. The predicted octanol–water partition coefficient (Wildman–Crippen LogP) is 1.74. The summed E-state index contributed by atoms with van der Waals surface area (Å²) in [6.07, 6.45) is 6.35. The molecule has 3 atom stereocenters. The van der Waals surface area contributed by atoms with Crippen LogP contribution in [0.1, 0.15) is 52.4 Å². The number of nitrogens with zero attached hydrogens (tertiary/aromatic N) is 1. The van der Waals surface area contributed by atoms with Gasteiger partial charge in [0.05, 0.1) is 0 Å². The first kappa shape index (κ1) is 15.8. The van der Waals surface area contributed by atoms with Gasteiger partial charge < -0.3 is 16.0 Å². The summed E-state index contributed by atoms with van der Waals surface area (Å²) >= 11 is 0. The molecule has 1 amide bonds. The van der Waals surface area contributed by atoms with Gasteiger partial charge in [-0.25, -0.2) is 0 Å². The van der Waals surface area contributed by atoms with Crippen LogP contribution in [0.25, 0.3) is 0 Å². The number of nitrogens with two attached hydrogens (primary N) is 1. The van der Waals surface area contributed by atoms with Crippen LogP contribution in [0.2, 0.25) is 0 Å². The third-order valence-corrected chi connectivity index (χ3v) is 4.82. The maximum atomic E-state index is 12.4. The first-order valence-electron chi connectivity index (χ1n) is 8.36. The molecule has 4 nitrogen and oxygen atoms in total. The van der Waals surface area contributed by atoms with Crippen molar-refractivity contribution in [1.29, 1.82) is 0 Å². The Morgan fingerprint density at radius 3 is 2.55 bits per heavy atom. The Morgan fingerprint density at radius 1 is 1.25 bits per heavy atom. The van der Waals surface area contributed by atoms with Gasteiger partial charge in [-0.2, -0.15) is 0 Å². The lowest BCUT2D eigenvalue weighted by molar-refractivity contribution is -0.127. The van der Waals surface area contributed by atoms with E-state index in [2.05, 4.69) is 24.1 Å². The van der Waals surface area contributed by atoms with Gasteiger partial charge in [0.15, 0.2) is 0 Å². The van der Waals surface area contributed by atoms with Gasteiger partial charge >= 0.3 is 0 Å². The molecule has 4 heteroatoms. The summed E-state index contributed by atoms with van der Waals surface area (Å²) in [4.78, 5) is 14.9. The van der Waals surface area contributed by atoms with Crippen LogP contribution < -0.4 is 11.1 Å². The number of likely N-dealkylation sites (tertiary alicyclic amines) is 1. The van der Waals surface area contributed by atoms with Crippen LogP contribution in [0, 0.1) is 11.8 Å². The third kappa shape index (κ3) is 4.45. The second-order valence-electron chi connectivity index (χ2n) is 6.89. The van der Waals surface area contributed by atoms with Crippen LogP contribution in [0.3, 0.4) is 0 Å². The van der Waals surface area contributed by atoms with Gasteiger partial charge in [-0.3, -0.25) is 4.79 Å². The maximum absolute atomic E-state index is 12.4. The Kier molecular flexibility index (Phi) is 5.85. The van der Waals surface area contributed by atoms with Crippen LogP contribution in [-0.4, -0.2) is 42.5 Å². The second-order valence-corrected chi connectivity index (χ2v) is 6.89. The molecule has 1 heterocycles. The van der Waals surface area contributed by atoms with E-state index in [1.54, 1.807) is 0 Å². The molecule has 1 saturated heterocycles. The van der Waals surface area contributed by atoms with Crippen LogP contribution in [0.15, 0.2) is 0 Å². The lowest BCUT2D eigenvalue weighted by Crippen LogP contribution is -2.48. The van der Waals surface area contributed by atoms with E-state index in [4.69, 9.17) is 5.73 Å². The summed E-state index contributed by atoms with van der Waals surface area (Å²) < 4.78 is 0. The van der Waals surface area contributed by atoms with Gasteiger partial charge in [0, 0.05) is 31.1 Å². The van der Waals surface area contributed by atoms with Crippen LogP contribution >= 0.6 is 0 Å². The molecule has 3 unspecified atom stereocenters. The molecular weight excluding hydrogens is 250 g/mol. The number of piperidine rings is 1. The van der Waals surface area contributed by atoms with Crippen LogP contribution in [-0.2, 0) is 4.79 Å². The van der Waals surface area contributed by atoms with Crippen molar-refractivity contribution in [3.05, 3.63) is 0 Å². The first-order chi connectivity index (χ1) is 9.58. The van der Waals surface area contributed by atoms with E-state index in [0.29, 0.717) is 12.0 Å². The number of carbonyl (C=O) groups excluding carboxylic acids is 1. The van der Waals surface area contributed by atoms with Crippen molar-refractivity contribution in [2.24, 2.45) is 17.6 Å². The molecule has 0 aromatic rings. The van der Waals surface area contributed by atoms with E-state index in [0.717, 1.165) is 45.2 Å². The Hall–Kier alpha value is -0.610. The fourth-order valence-corrected chi connectivity index (χ4v) is 3.81. The zero-order valence-electron chi connectivity index (χ0n) is 13.1. The summed E-state index contributed by atoms with van der Waals surface area (Å²) in [5.74, 6) is 0.976. The number of hydrogen-bond donors (Lipinski definition) is 2. The fourth-order valence-electron chi connectivity index (χ4n) is 3.81. The molecule has 20 heavy (non-hydrogen) atoms. The average molecular weight is 281 g/mol. The number of amides is 1. The molecule has 0 spiro atoms. The molecule has 0 bridgehead atoms. The number of nitrogens with one attached hydrogen (secondary N) is 1. The van der Waals surface area contributed by atoms with E-state index in [-0.39, 0.29) is 17.9 Å². The van der Waals surface area contributed by atoms with Crippen molar-refractivity contribution in [1.82, 2.24) is 10.2 Å². The zero-order valence-corrected chi connectivity index (χ0v) is 13.1. The lowest BCUT2D eigenvalue weighted by atomic mass is 9.79. The van der Waals surface area contributed by atoms with Crippen molar-refractivity contribution in [2.75, 3.05) is 19.6 Å². The summed E-state index contributed by atoms with van der Waals surface area (Å²) in [6.45, 7) is 7.87. The van der Waals surface area contributed by atoms with Gasteiger partial charge in [0.1, 0.15) is 0 Å². The van der Waals surface area contributed by atoms with Crippen molar-refractivity contribution >= 4 is 5.91 Å². The third-order valence-electron chi connectivity index (χ3n) is 4.82. The van der Waals surface area contributed by atoms with Crippen molar-refractivity contribution in [2.45, 2.75) is 64.5 Å². The normalized spacial score (nSPS) is 33.0. The molecule has 1 aliphatic carbocycles. The van der Waals surface area contributed by atoms with Gasteiger partial charge in [-0.1, -0.05) is 13.8 Å². The fraction of sp³-hybridized carbons (Fsp3) is 0.938. The van der Waals surface area contributed by atoms with Crippen LogP contribution in [0.5, 0.6) is 0 Å². The molecule has 2 aliphatic rings. The van der Waals surface area contributed by atoms with E-state index in [1.807, 2.05) is 0 Å². The Bertz CT molecular complexity index is 303. The molecule has 0 radical (unpaired) electrons. The second kappa shape index (κ2) is 7.41. The number of rotatable bonds is 4. The van der Waals surface area contributed by atoms with Crippen LogP contribution in [0.4, 0.5) is 0 Å². The maximum Gasteiger partial charge on any atom is 0.223 e. The van der Waals surface area contributed by atoms with Crippen molar-refractivity contribution < 1.29 is 4.79 Å². The lowest BCUT2D eigenvalue weighted by Gasteiger charge is -2.35. The van der Waals surface area contributed by atoms with E-state index < -0.39 is 0 Å². The van der Waals surface area contributed by atoms with E-state index in [1.165, 1.54) is 13.0 Å². The molecule has 2 rings (SSSR count). The smallest absolute Gasteiger partial charge is 0.223 e. The predicted molar refractivity (Wildman–Crippen MR) is 82.4 cm³/mol. The summed E-state index contributed by atoms with van der Waals surface area (Å²) in [5, 5.41) is 3.27. The highest BCUT2D eigenvalue weighted by atomic mass is 16.1. The van der Waals surface area contributed by atoms with Crippen molar-refractivity contribution in [3.63, 3.8) is 0 Å². The minimum atomic E-state index is 0.141. The minimum Gasteiger partial charge on any atom is -0.353 e. The molecule has 1 saturated carbocycles. The quantitative estimate of drug-likeness (QED) is 0.825. The number of hydrogen-bond acceptors (Lipinski definition) is 3. The SMILES string of the molecule is CCCN1CCC(NC(=O)C2CC(C)CC(N)C2)CC1. The summed E-state index contributed by atoms with van der Waals surface area (Å²) in [7, 11) is 0. The molecule has 3 N–H and O–H groups in total.